The second-order valence-corrected chi connectivity index (χ2v) is 6.08. The molecule has 0 bridgehead atoms. The van der Waals surface area contributed by atoms with E-state index in [1.54, 1.807) is 40.4 Å². The second-order valence-electron chi connectivity index (χ2n) is 6.08. The Morgan fingerprint density at radius 3 is 2.12 bits per heavy atom. The zero-order valence-corrected chi connectivity index (χ0v) is 15.7. The first-order chi connectivity index (χ1) is 12.4. The van der Waals surface area contributed by atoms with Crippen molar-refractivity contribution in [2.75, 3.05) is 27.9 Å². The van der Waals surface area contributed by atoms with E-state index in [2.05, 4.69) is 5.32 Å². The first-order valence-electron chi connectivity index (χ1n) is 8.35. The number of carbonyl (C=O) groups is 1. The van der Waals surface area contributed by atoms with E-state index in [1.807, 2.05) is 30.3 Å². The van der Waals surface area contributed by atoms with Crippen LogP contribution in [0.4, 0.5) is 0 Å². The van der Waals surface area contributed by atoms with Gasteiger partial charge in [-0.2, -0.15) is 0 Å². The highest BCUT2D eigenvalue weighted by molar-refractivity contribution is 5.87. The molecule has 6 nitrogen and oxygen atoms in total. The molecule has 0 aliphatic carbocycles. The highest BCUT2D eigenvalue weighted by Crippen LogP contribution is 2.34. The first-order valence-corrected chi connectivity index (χ1v) is 8.35. The molecule has 2 aromatic rings. The third-order valence-corrected chi connectivity index (χ3v) is 4.32. The molecule has 2 aromatic carbocycles. The minimum absolute atomic E-state index is 0.241. The van der Waals surface area contributed by atoms with E-state index in [0.717, 1.165) is 11.1 Å². The summed E-state index contributed by atoms with van der Waals surface area (Å²) in [6.07, 6.45) is 0.535. The van der Waals surface area contributed by atoms with Gasteiger partial charge in [0.2, 0.25) is 5.91 Å². The maximum atomic E-state index is 12.5. The summed E-state index contributed by atoms with van der Waals surface area (Å²) in [5, 5.41) is 2.89. The lowest BCUT2D eigenvalue weighted by Gasteiger charge is -2.24. The first kappa shape index (κ1) is 19.6. The predicted octanol–water partition coefficient (Wildman–Crippen LogP) is 2.25. The lowest BCUT2D eigenvalue weighted by Crippen LogP contribution is -2.49. The predicted molar refractivity (Wildman–Crippen MR) is 101 cm³/mol. The van der Waals surface area contributed by atoms with E-state index in [0.29, 0.717) is 30.2 Å². The summed E-state index contributed by atoms with van der Waals surface area (Å²) >= 11 is 0. The van der Waals surface area contributed by atoms with Gasteiger partial charge in [-0.1, -0.05) is 30.3 Å². The summed E-state index contributed by atoms with van der Waals surface area (Å²) in [7, 11) is 4.76. The molecule has 0 saturated carbocycles. The number of amides is 1. The fourth-order valence-electron chi connectivity index (χ4n) is 2.72. The summed E-state index contributed by atoms with van der Waals surface area (Å²) in [5.41, 5.74) is 6.75. The molecule has 1 unspecified atom stereocenters. The fraction of sp³-hybridized carbons (Fsp3) is 0.350. The molecule has 6 heteroatoms. The van der Waals surface area contributed by atoms with Gasteiger partial charge in [-0.05, 0) is 18.9 Å². The highest BCUT2D eigenvalue weighted by Gasteiger charge is 2.30. The Kier molecular flexibility index (Phi) is 6.46. The van der Waals surface area contributed by atoms with Gasteiger partial charge in [0.25, 0.3) is 0 Å². The smallest absolute Gasteiger partial charge is 0.244 e. The number of carbonyl (C=O) groups excluding carboxylic acids is 1. The van der Waals surface area contributed by atoms with E-state index >= 15 is 0 Å². The van der Waals surface area contributed by atoms with Crippen molar-refractivity contribution in [2.45, 2.75) is 18.9 Å². The van der Waals surface area contributed by atoms with Crippen LogP contribution in [0.15, 0.2) is 42.5 Å². The number of rotatable bonds is 8. The lowest BCUT2D eigenvalue weighted by atomic mass is 9.92. The molecular formula is C20H26N2O4. The molecule has 1 amide bonds. The number of hydrogen-bond donors (Lipinski definition) is 2. The van der Waals surface area contributed by atoms with Crippen LogP contribution < -0.4 is 25.3 Å². The van der Waals surface area contributed by atoms with Crippen LogP contribution in [0.5, 0.6) is 17.2 Å². The van der Waals surface area contributed by atoms with Crippen molar-refractivity contribution in [1.82, 2.24) is 5.32 Å². The van der Waals surface area contributed by atoms with E-state index in [4.69, 9.17) is 19.9 Å². The Morgan fingerprint density at radius 1 is 1.04 bits per heavy atom. The van der Waals surface area contributed by atoms with Gasteiger partial charge in [0, 0.05) is 24.2 Å². The Balaban J connectivity index is 2.09. The van der Waals surface area contributed by atoms with Crippen LogP contribution in [-0.2, 0) is 16.8 Å². The number of benzene rings is 2. The van der Waals surface area contributed by atoms with Crippen LogP contribution >= 0.6 is 0 Å². The van der Waals surface area contributed by atoms with Gasteiger partial charge < -0.3 is 25.3 Å². The number of nitrogens with one attached hydrogen (secondary N) is 1. The van der Waals surface area contributed by atoms with Crippen molar-refractivity contribution in [3.05, 3.63) is 53.6 Å². The van der Waals surface area contributed by atoms with Gasteiger partial charge in [-0.25, -0.2) is 0 Å². The van der Waals surface area contributed by atoms with Crippen LogP contribution in [0.1, 0.15) is 18.1 Å². The maximum absolute atomic E-state index is 12.5. The summed E-state index contributed by atoms with van der Waals surface area (Å²) < 4.78 is 16.1. The van der Waals surface area contributed by atoms with Crippen LogP contribution in [0, 0.1) is 0 Å². The summed E-state index contributed by atoms with van der Waals surface area (Å²) in [5.74, 6) is 1.70. The highest BCUT2D eigenvalue weighted by atomic mass is 16.5. The molecule has 1 atom stereocenters. The zero-order chi connectivity index (χ0) is 19.2. The van der Waals surface area contributed by atoms with Crippen molar-refractivity contribution < 1.29 is 19.0 Å². The minimum Gasteiger partial charge on any atom is -0.496 e. The second kappa shape index (κ2) is 8.58. The molecule has 0 aliphatic heterocycles. The molecule has 2 rings (SSSR count). The summed E-state index contributed by atoms with van der Waals surface area (Å²) in [6, 6.07) is 12.9. The molecular weight excluding hydrogens is 332 g/mol. The largest absolute Gasteiger partial charge is 0.496 e. The molecule has 0 spiro atoms. The van der Waals surface area contributed by atoms with Crippen LogP contribution in [0.25, 0.3) is 0 Å². The Bertz CT molecular complexity index is 720. The molecule has 0 saturated heterocycles. The molecule has 26 heavy (non-hydrogen) atoms. The van der Waals surface area contributed by atoms with Gasteiger partial charge in [0.1, 0.15) is 22.8 Å². The van der Waals surface area contributed by atoms with Crippen LogP contribution in [0.2, 0.25) is 0 Å². The van der Waals surface area contributed by atoms with Gasteiger partial charge in [-0.15, -0.1) is 0 Å². The quantitative estimate of drug-likeness (QED) is 0.756. The van der Waals surface area contributed by atoms with Crippen molar-refractivity contribution in [3.63, 3.8) is 0 Å². The Morgan fingerprint density at radius 2 is 1.62 bits per heavy atom. The van der Waals surface area contributed by atoms with Gasteiger partial charge in [-0.3, -0.25) is 4.79 Å². The lowest BCUT2D eigenvalue weighted by molar-refractivity contribution is -0.126. The Hall–Kier alpha value is -2.73. The van der Waals surface area contributed by atoms with Gasteiger partial charge >= 0.3 is 0 Å². The number of ether oxygens (including phenoxy) is 3. The SMILES string of the molecule is COc1cc(OC)c(CCNC(=O)C(C)(N)c2ccccc2)c(OC)c1. The van der Waals surface area contributed by atoms with E-state index in [9.17, 15) is 4.79 Å². The molecule has 0 radical (unpaired) electrons. The summed E-state index contributed by atoms with van der Waals surface area (Å²) in [4.78, 5) is 12.5. The molecule has 3 N–H and O–H groups in total. The number of hydrogen-bond acceptors (Lipinski definition) is 5. The average molecular weight is 358 g/mol. The van der Waals surface area contributed by atoms with Gasteiger partial charge in [0.15, 0.2) is 0 Å². The molecule has 0 aromatic heterocycles. The van der Waals surface area contributed by atoms with Crippen molar-refractivity contribution in [1.29, 1.82) is 0 Å². The van der Waals surface area contributed by atoms with Crippen molar-refractivity contribution >= 4 is 5.91 Å². The molecule has 0 fully saturated rings. The van der Waals surface area contributed by atoms with Crippen LogP contribution in [-0.4, -0.2) is 33.8 Å². The molecule has 0 heterocycles. The van der Waals surface area contributed by atoms with Gasteiger partial charge in [0.05, 0.1) is 21.3 Å². The molecule has 140 valence electrons. The zero-order valence-electron chi connectivity index (χ0n) is 15.7. The third-order valence-electron chi connectivity index (χ3n) is 4.32. The monoisotopic (exact) mass is 358 g/mol. The van der Waals surface area contributed by atoms with Crippen molar-refractivity contribution in [2.24, 2.45) is 5.73 Å². The minimum atomic E-state index is -1.10. The Labute approximate surface area is 154 Å². The number of methoxy groups -OCH3 is 3. The fourth-order valence-corrected chi connectivity index (χ4v) is 2.72. The maximum Gasteiger partial charge on any atom is 0.244 e. The standard InChI is InChI=1S/C20H26N2O4/c1-20(21,14-8-6-5-7-9-14)19(23)22-11-10-16-17(25-3)12-15(24-2)13-18(16)26-4/h5-9,12-13H,10-11,21H2,1-4H3,(H,22,23). The number of nitrogens with two attached hydrogens (primary N) is 1. The normalized spacial score (nSPS) is 12.8. The molecule has 0 aliphatic rings. The average Bonchev–Trinajstić information content (AvgIpc) is 2.68. The topological polar surface area (TPSA) is 82.8 Å². The third kappa shape index (κ3) is 4.26. The van der Waals surface area contributed by atoms with Crippen LogP contribution in [0.3, 0.4) is 0 Å². The van der Waals surface area contributed by atoms with E-state index in [1.165, 1.54) is 0 Å². The van der Waals surface area contributed by atoms with Crippen molar-refractivity contribution in [3.8, 4) is 17.2 Å². The summed E-state index contributed by atoms with van der Waals surface area (Å²) in [6.45, 7) is 2.10. The van der Waals surface area contributed by atoms with E-state index in [-0.39, 0.29) is 5.91 Å². The van der Waals surface area contributed by atoms with E-state index < -0.39 is 5.54 Å².